The lowest BCUT2D eigenvalue weighted by molar-refractivity contribution is -0.132. The molecule has 2 aromatic rings. The molecule has 0 spiro atoms. The van der Waals surface area contributed by atoms with Gasteiger partial charge in [-0.2, -0.15) is 5.10 Å². The van der Waals surface area contributed by atoms with Gasteiger partial charge < -0.3 is 14.4 Å². The molecule has 1 aromatic heterocycles. The Morgan fingerprint density at radius 1 is 1.16 bits per heavy atom. The van der Waals surface area contributed by atoms with Crippen molar-refractivity contribution in [3.63, 3.8) is 0 Å². The van der Waals surface area contributed by atoms with Crippen LogP contribution in [0.2, 0.25) is 0 Å². The van der Waals surface area contributed by atoms with E-state index in [1.807, 2.05) is 41.5 Å². The molecule has 10 heteroatoms. The van der Waals surface area contributed by atoms with Crippen LogP contribution in [0.25, 0.3) is 0 Å². The Hall–Kier alpha value is -3.43. The molecule has 1 amide bonds. The van der Waals surface area contributed by atoms with Gasteiger partial charge in [0.25, 0.3) is 11.5 Å². The first kappa shape index (κ1) is 24.8. The molecule has 0 fully saturated rings. The molecule has 0 aliphatic rings. The molecule has 0 aliphatic carbocycles. The first-order valence-corrected chi connectivity index (χ1v) is 10.6. The lowest BCUT2D eigenvalue weighted by atomic mass is 9.93. The minimum absolute atomic E-state index is 0.0622. The van der Waals surface area contributed by atoms with Crippen LogP contribution in [-0.2, 0) is 10.2 Å². The van der Waals surface area contributed by atoms with Gasteiger partial charge in [0.05, 0.1) is 12.8 Å². The van der Waals surface area contributed by atoms with Gasteiger partial charge in [0.15, 0.2) is 18.1 Å². The molecule has 1 heterocycles. The molecular weight excluding hydrogens is 412 g/mol. The van der Waals surface area contributed by atoms with Crippen molar-refractivity contribution < 1.29 is 14.3 Å². The minimum atomic E-state index is -0.405. The van der Waals surface area contributed by atoms with Crippen LogP contribution >= 0.6 is 0 Å². The van der Waals surface area contributed by atoms with Gasteiger partial charge in [-0.25, -0.2) is 5.43 Å². The Bertz CT molecular complexity index is 993. The van der Waals surface area contributed by atoms with Crippen molar-refractivity contribution >= 4 is 18.1 Å². The van der Waals surface area contributed by atoms with E-state index in [2.05, 4.69) is 25.7 Å². The zero-order valence-corrected chi connectivity index (χ0v) is 19.6. The summed E-state index contributed by atoms with van der Waals surface area (Å²) in [6, 6.07) is 5.26. The first-order chi connectivity index (χ1) is 15.2. The highest BCUT2D eigenvalue weighted by Crippen LogP contribution is 2.28. The lowest BCUT2D eigenvalue weighted by Gasteiger charge is -2.19. The molecule has 2 rings (SSSR count). The number of ether oxygens (including phenoxy) is 2. The molecule has 0 bridgehead atoms. The Labute approximate surface area is 188 Å². The van der Waals surface area contributed by atoms with Crippen molar-refractivity contribution in [1.29, 1.82) is 0 Å². The number of nitrogens with zero attached hydrogens (tertiary/aromatic N) is 4. The molecule has 10 nitrogen and oxygen atoms in total. The SMILES string of the molecule is CCOc1cc(/C=N/Nc2nnc(C(C)(C)C)c(=O)[nH]2)ccc1OCC(=O)N(CC)CC. The van der Waals surface area contributed by atoms with E-state index in [1.54, 1.807) is 29.3 Å². The number of hydrazone groups is 1. The maximum absolute atomic E-state index is 12.2. The molecule has 1 aromatic carbocycles. The van der Waals surface area contributed by atoms with Gasteiger partial charge in [0.1, 0.15) is 5.69 Å². The van der Waals surface area contributed by atoms with Crippen LogP contribution in [0.4, 0.5) is 5.95 Å². The zero-order chi connectivity index (χ0) is 23.7. The molecular formula is C22H32N6O4. The number of carbonyl (C=O) groups excluding carboxylic acids is 1. The van der Waals surface area contributed by atoms with E-state index in [0.29, 0.717) is 36.9 Å². The van der Waals surface area contributed by atoms with Crippen molar-refractivity contribution in [3.8, 4) is 11.5 Å². The third kappa shape index (κ3) is 6.79. The van der Waals surface area contributed by atoms with Crippen molar-refractivity contribution in [2.75, 3.05) is 31.7 Å². The summed E-state index contributed by atoms with van der Waals surface area (Å²) in [7, 11) is 0. The highest BCUT2D eigenvalue weighted by molar-refractivity contribution is 5.81. The normalized spacial score (nSPS) is 11.4. The molecule has 0 saturated heterocycles. The van der Waals surface area contributed by atoms with Gasteiger partial charge >= 0.3 is 0 Å². The minimum Gasteiger partial charge on any atom is -0.490 e. The molecule has 2 N–H and O–H groups in total. The number of anilines is 1. The summed E-state index contributed by atoms with van der Waals surface area (Å²) in [5.41, 5.74) is 3.02. The quantitative estimate of drug-likeness (QED) is 0.426. The van der Waals surface area contributed by atoms with Crippen LogP contribution in [0, 0.1) is 0 Å². The summed E-state index contributed by atoms with van der Waals surface area (Å²) in [6.07, 6.45) is 1.55. The van der Waals surface area contributed by atoms with Gasteiger partial charge in [-0.1, -0.05) is 20.8 Å². The zero-order valence-electron chi connectivity index (χ0n) is 19.6. The van der Waals surface area contributed by atoms with Crippen LogP contribution in [-0.4, -0.2) is 58.5 Å². The molecule has 0 radical (unpaired) electrons. The molecule has 174 valence electrons. The second-order valence-corrected chi connectivity index (χ2v) is 7.97. The Balaban J connectivity index is 2.08. The predicted molar refractivity (Wildman–Crippen MR) is 124 cm³/mol. The maximum Gasteiger partial charge on any atom is 0.274 e. The van der Waals surface area contributed by atoms with Crippen LogP contribution in [0.15, 0.2) is 28.1 Å². The third-order valence-corrected chi connectivity index (χ3v) is 4.53. The van der Waals surface area contributed by atoms with E-state index in [0.717, 1.165) is 5.56 Å². The van der Waals surface area contributed by atoms with Crippen molar-refractivity contribution in [2.45, 2.75) is 47.0 Å². The summed E-state index contributed by atoms with van der Waals surface area (Å²) >= 11 is 0. The van der Waals surface area contributed by atoms with Crippen molar-refractivity contribution in [2.24, 2.45) is 5.10 Å². The number of benzene rings is 1. The van der Waals surface area contributed by atoms with Crippen LogP contribution in [0.5, 0.6) is 11.5 Å². The molecule has 0 saturated carbocycles. The van der Waals surface area contributed by atoms with Gasteiger partial charge in [0, 0.05) is 18.5 Å². The van der Waals surface area contributed by atoms with Crippen LogP contribution < -0.4 is 20.5 Å². The fraction of sp³-hybridized carbons (Fsp3) is 0.500. The highest BCUT2D eigenvalue weighted by Gasteiger charge is 2.20. The summed E-state index contributed by atoms with van der Waals surface area (Å²) in [5, 5.41) is 12.0. The average molecular weight is 445 g/mol. The number of likely N-dealkylation sites (N-methyl/N-ethyl adjacent to an activating group) is 1. The second-order valence-electron chi connectivity index (χ2n) is 7.97. The van der Waals surface area contributed by atoms with E-state index in [1.165, 1.54) is 0 Å². The molecule has 32 heavy (non-hydrogen) atoms. The summed E-state index contributed by atoms with van der Waals surface area (Å²) < 4.78 is 11.3. The van der Waals surface area contributed by atoms with E-state index in [9.17, 15) is 9.59 Å². The first-order valence-electron chi connectivity index (χ1n) is 10.6. The fourth-order valence-corrected chi connectivity index (χ4v) is 2.85. The number of nitrogens with one attached hydrogen (secondary N) is 2. The summed E-state index contributed by atoms with van der Waals surface area (Å²) in [4.78, 5) is 28.7. The number of hydrogen-bond donors (Lipinski definition) is 2. The average Bonchev–Trinajstić information content (AvgIpc) is 2.73. The van der Waals surface area contributed by atoms with Gasteiger partial charge in [-0.05, 0) is 44.5 Å². The predicted octanol–water partition coefficient (Wildman–Crippen LogP) is 2.55. The number of aromatic nitrogens is 3. The van der Waals surface area contributed by atoms with E-state index >= 15 is 0 Å². The van der Waals surface area contributed by atoms with Crippen LogP contribution in [0.1, 0.15) is 52.8 Å². The lowest BCUT2D eigenvalue weighted by Crippen LogP contribution is -2.34. The monoisotopic (exact) mass is 444 g/mol. The summed E-state index contributed by atoms with van der Waals surface area (Å²) in [5.74, 6) is 1.04. The third-order valence-electron chi connectivity index (χ3n) is 4.53. The van der Waals surface area contributed by atoms with E-state index < -0.39 is 5.41 Å². The Kier molecular flexibility index (Phi) is 8.74. The number of rotatable bonds is 10. The van der Waals surface area contributed by atoms with Gasteiger partial charge in [-0.3, -0.25) is 14.6 Å². The topological polar surface area (TPSA) is 122 Å². The Morgan fingerprint density at radius 2 is 1.88 bits per heavy atom. The largest absolute Gasteiger partial charge is 0.490 e. The van der Waals surface area contributed by atoms with Crippen molar-refractivity contribution in [3.05, 3.63) is 39.8 Å². The molecule has 0 unspecified atom stereocenters. The molecule has 0 atom stereocenters. The number of aromatic amines is 1. The smallest absolute Gasteiger partial charge is 0.274 e. The number of hydrogen-bond acceptors (Lipinski definition) is 8. The van der Waals surface area contributed by atoms with Crippen molar-refractivity contribution in [1.82, 2.24) is 20.1 Å². The fourth-order valence-electron chi connectivity index (χ4n) is 2.85. The standard InChI is InChI=1S/C22H32N6O4/c1-7-28(8-2)18(29)14-32-16-11-10-15(12-17(16)31-9-3)13-23-26-21-24-20(30)19(25-27-21)22(4,5)6/h10-13H,7-9,14H2,1-6H3,(H2,24,26,27,30)/b23-13+. The Morgan fingerprint density at radius 3 is 2.47 bits per heavy atom. The van der Waals surface area contributed by atoms with Gasteiger partial charge in [-0.15, -0.1) is 10.2 Å². The second kappa shape index (κ2) is 11.3. The summed E-state index contributed by atoms with van der Waals surface area (Å²) in [6.45, 7) is 13.0. The maximum atomic E-state index is 12.2. The van der Waals surface area contributed by atoms with E-state index in [-0.39, 0.29) is 24.0 Å². The number of carbonyl (C=O) groups is 1. The molecule has 0 aliphatic heterocycles. The van der Waals surface area contributed by atoms with Crippen LogP contribution in [0.3, 0.4) is 0 Å². The van der Waals surface area contributed by atoms with Gasteiger partial charge in [0.2, 0.25) is 5.95 Å². The number of H-pyrrole nitrogens is 1. The highest BCUT2D eigenvalue weighted by atomic mass is 16.5. The number of amides is 1. The van der Waals surface area contributed by atoms with E-state index in [4.69, 9.17) is 9.47 Å².